The number of nitro benzene ring substituents is 1. The van der Waals surface area contributed by atoms with Gasteiger partial charge >= 0.3 is 0 Å². The number of non-ortho nitro benzene ring substituents is 1. The summed E-state index contributed by atoms with van der Waals surface area (Å²) < 4.78 is 13.0. The topological polar surface area (TPSA) is 108 Å². The molecule has 2 N–H and O–H groups in total. The van der Waals surface area contributed by atoms with E-state index in [-0.39, 0.29) is 11.7 Å². The number of aliphatic hydroxyl groups excluding tert-OH is 1. The van der Waals surface area contributed by atoms with Crippen LogP contribution in [0, 0.1) is 15.9 Å². The average Bonchev–Trinajstić information content (AvgIpc) is 2.79. The third kappa shape index (κ3) is 2.93. The van der Waals surface area contributed by atoms with Crippen LogP contribution < -0.4 is 15.1 Å². The lowest BCUT2D eigenvalue weighted by atomic mass is 10.1. The number of anilines is 2. The second-order valence-electron chi connectivity index (χ2n) is 6.30. The minimum absolute atomic E-state index is 0.0248. The molecule has 0 bridgehead atoms. The minimum Gasteiger partial charge on any atom is -0.376 e. The van der Waals surface area contributed by atoms with E-state index >= 15 is 0 Å². The van der Waals surface area contributed by atoms with Crippen molar-refractivity contribution in [3.8, 4) is 0 Å². The lowest BCUT2D eigenvalue weighted by Crippen LogP contribution is -2.60. The van der Waals surface area contributed by atoms with Crippen molar-refractivity contribution in [1.82, 2.24) is 15.3 Å². The van der Waals surface area contributed by atoms with Crippen molar-refractivity contribution >= 4 is 17.3 Å². The molecule has 3 heterocycles. The first kappa shape index (κ1) is 16.6. The molecular weight excluding hydrogens is 343 g/mol. The Kier molecular flexibility index (Phi) is 4.13. The van der Waals surface area contributed by atoms with Crippen molar-refractivity contribution in [2.75, 3.05) is 29.4 Å². The third-order valence-electron chi connectivity index (χ3n) is 4.76. The van der Waals surface area contributed by atoms with Gasteiger partial charge in [0.05, 0.1) is 23.4 Å². The van der Waals surface area contributed by atoms with Gasteiger partial charge in [0.25, 0.3) is 5.69 Å². The number of nitrogens with zero attached hydrogens (tertiary/aromatic N) is 5. The molecule has 1 saturated heterocycles. The molecule has 1 aromatic carbocycles. The van der Waals surface area contributed by atoms with Gasteiger partial charge in [0, 0.05) is 44.0 Å². The molecule has 0 aliphatic carbocycles. The maximum absolute atomic E-state index is 13.0. The summed E-state index contributed by atoms with van der Waals surface area (Å²) in [6, 6.07) is 4.44. The predicted molar refractivity (Wildman–Crippen MR) is 91.3 cm³/mol. The molecule has 0 amide bonds. The fraction of sp³-hybridized carbons (Fsp3) is 0.375. The first-order valence-corrected chi connectivity index (χ1v) is 8.21. The van der Waals surface area contributed by atoms with Gasteiger partial charge in [-0.3, -0.25) is 15.4 Å². The first-order chi connectivity index (χ1) is 12.5. The van der Waals surface area contributed by atoms with E-state index in [9.17, 15) is 19.6 Å². The highest BCUT2D eigenvalue weighted by atomic mass is 19.1. The van der Waals surface area contributed by atoms with Crippen molar-refractivity contribution in [2.45, 2.75) is 18.8 Å². The van der Waals surface area contributed by atoms with Crippen LogP contribution in [0.2, 0.25) is 0 Å². The molecule has 2 aliphatic heterocycles. The van der Waals surface area contributed by atoms with Gasteiger partial charge in [-0.05, 0) is 11.6 Å². The zero-order valence-corrected chi connectivity index (χ0v) is 13.7. The molecule has 1 fully saturated rings. The standard InChI is InChI=1S/C16H17FN6O3/c17-11-7-19-16(20-8-11)21-3-4-22-13-2-1-12(23(25)26)5-10(13)6-18-15(24)14(22)9-21/h1-2,5,7-8,14-15,18,24H,3-4,6,9H2. The number of aliphatic hydroxyl groups is 1. The number of hydrogen-bond acceptors (Lipinski definition) is 8. The number of nitrogens with one attached hydrogen (secondary N) is 1. The lowest BCUT2D eigenvalue weighted by Gasteiger charge is -2.43. The Bertz CT molecular complexity index is 833. The van der Waals surface area contributed by atoms with Crippen LogP contribution in [0.4, 0.5) is 21.7 Å². The first-order valence-electron chi connectivity index (χ1n) is 8.21. The van der Waals surface area contributed by atoms with Crippen LogP contribution in [-0.2, 0) is 6.54 Å². The summed E-state index contributed by atoms with van der Waals surface area (Å²) in [5.41, 5.74) is 1.66. The van der Waals surface area contributed by atoms with Crippen LogP contribution in [0.5, 0.6) is 0 Å². The number of piperazine rings is 1. The fourth-order valence-corrected chi connectivity index (χ4v) is 3.49. The van der Waals surface area contributed by atoms with Crippen LogP contribution in [0.1, 0.15) is 5.56 Å². The normalized spacial score (nSPS) is 22.4. The van der Waals surface area contributed by atoms with Crippen LogP contribution in [0.25, 0.3) is 0 Å². The van der Waals surface area contributed by atoms with E-state index in [2.05, 4.69) is 15.3 Å². The Balaban J connectivity index is 1.63. The molecule has 0 saturated carbocycles. The predicted octanol–water partition coefficient (Wildman–Crippen LogP) is 0.641. The molecule has 9 nitrogen and oxygen atoms in total. The number of hydrogen-bond donors (Lipinski definition) is 2. The van der Waals surface area contributed by atoms with Crippen molar-refractivity contribution in [3.63, 3.8) is 0 Å². The quantitative estimate of drug-likeness (QED) is 0.593. The molecule has 136 valence electrons. The second kappa shape index (κ2) is 6.46. The molecule has 26 heavy (non-hydrogen) atoms. The van der Waals surface area contributed by atoms with Crippen LogP contribution in [-0.4, -0.2) is 51.9 Å². The summed E-state index contributed by atoms with van der Waals surface area (Å²) in [6.07, 6.45) is 1.40. The van der Waals surface area contributed by atoms with E-state index in [1.54, 1.807) is 6.07 Å². The van der Waals surface area contributed by atoms with E-state index in [0.29, 0.717) is 32.1 Å². The summed E-state index contributed by atoms with van der Waals surface area (Å²) >= 11 is 0. The summed E-state index contributed by atoms with van der Waals surface area (Å²) in [6.45, 7) is 1.94. The SMILES string of the molecule is O=[N+]([O-])c1ccc2c(c1)CNC(O)C1CN(c3ncc(F)cn3)CCN21. The molecule has 2 aromatic rings. The molecule has 10 heteroatoms. The molecule has 2 unspecified atom stereocenters. The lowest BCUT2D eigenvalue weighted by molar-refractivity contribution is -0.384. The maximum atomic E-state index is 13.0. The highest BCUT2D eigenvalue weighted by Crippen LogP contribution is 2.32. The molecule has 0 radical (unpaired) electrons. The number of aromatic nitrogens is 2. The van der Waals surface area contributed by atoms with Gasteiger partial charge in [-0.1, -0.05) is 0 Å². The Labute approximate surface area is 148 Å². The van der Waals surface area contributed by atoms with Gasteiger partial charge in [0.1, 0.15) is 6.23 Å². The van der Waals surface area contributed by atoms with Gasteiger partial charge in [0.15, 0.2) is 5.82 Å². The smallest absolute Gasteiger partial charge is 0.269 e. The number of benzene rings is 1. The number of fused-ring (bicyclic) bond motifs is 3. The van der Waals surface area contributed by atoms with Crippen LogP contribution in [0.3, 0.4) is 0 Å². The Morgan fingerprint density at radius 3 is 2.81 bits per heavy atom. The monoisotopic (exact) mass is 360 g/mol. The third-order valence-corrected chi connectivity index (χ3v) is 4.76. The van der Waals surface area contributed by atoms with E-state index in [1.165, 1.54) is 12.1 Å². The Hall–Kier alpha value is -2.85. The van der Waals surface area contributed by atoms with Crippen LogP contribution >= 0.6 is 0 Å². The van der Waals surface area contributed by atoms with Crippen LogP contribution in [0.15, 0.2) is 30.6 Å². The Morgan fingerprint density at radius 1 is 1.31 bits per heavy atom. The average molecular weight is 360 g/mol. The summed E-state index contributed by atoms with van der Waals surface area (Å²) in [5, 5.41) is 24.6. The van der Waals surface area contributed by atoms with Gasteiger partial charge in [-0.25, -0.2) is 14.4 Å². The van der Waals surface area contributed by atoms with Crippen molar-refractivity contribution < 1.29 is 14.4 Å². The number of halogens is 1. The summed E-state index contributed by atoms with van der Waals surface area (Å²) in [7, 11) is 0. The van der Waals surface area contributed by atoms with Gasteiger partial charge in [-0.2, -0.15) is 0 Å². The zero-order chi connectivity index (χ0) is 18.3. The Morgan fingerprint density at radius 2 is 2.08 bits per heavy atom. The summed E-state index contributed by atoms with van der Waals surface area (Å²) in [5.74, 6) is -0.0921. The fourth-order valence-electron chi connectivity index (χ4n) is 3.49. The highest BCUT2D eigenvalue weighted by Gasteiger charge is 2.36. The van der Waals surface area contributed by atoms with Crippen molar-refractivity contribution in [1.29, 1.82) is 0 Å². The van der Waals surface area contributed by atoms with E-state index in [0.717, 1.165) is 23.6 Å². The van der Waals surface area contributed by atoms with Crippen molar-refractivity contribution in [3.05, 3.63) is 52.1 Å². The second-order valence-corrected chi connectivity index (χ2v) is 6.30. The largest absolute Gasteiger partial charge is 0.376 e. The van der Waals surface area contributed by atoms with E-state index in [1.807, 2.05) is 9.80 Å². The van der Waals surface area contributed by atoms with Gasteiger partial charge in [0.2, 0.25) is 5.95 Å². The van der Waals surface area contributed by atoms with Crippen molar-refractivity contribution in [2.24, 2.45) is 0 Å². The summed E-state index contributed by atoms with van der Waals surface area (Å²) in [4.78, 5) is 22.5. The van der Waals surface area contributed by atoms with Gasteiger partial charge < -0.3 is 14.9 Å². The number of nitro groups is 1. The molecular formula is C16H17FN6O3. The molecule has 2 aliphatic rings. The maximum Gasteiger partial charge on any atom is 0.269 e. The molecule has 2 atom stereocenters. The van der Waals surface area contributed by atoms with E-state index < -0.39 is 17.0 Å². The zero-order valence-electron chi connectivity index (χ0n) is 13.7. The minimum atomic E-state index is -0.829. The van der Waals surface area contributed by atoms with Gasteiger partial charge in [-0.15, -0.1) is 0 Å². The molecule has 1 aromatic heterocycles. The molecule has 4 rings (SSSR count). The molecule has 0 spiro atoms. The number of rotatable bonds is 2. The van der Waals surface area contributed by atoms with E-state index in [4.69, 9.17) is 0 Å². The highest BCUT2D eigenvalue weighted by molar-refractivity contribution is 5.60.